The Morgan fingerprint density at radius 2 is 1.96 bits per heavy atom. The molecule has 3 N–H and O–H groups in total. The Kier molecular flexibility index (Phi) is 4.15. The van der Waals surface area contributed by atoms with Gasteiger partial charge in [-0.05, 0) is 74.7 Å². The van der Waals surface area contributed by atoms with Crippen LogP contribution in [0.2, 0.25) is 0 Å². The topological polar surface area (TPSA) is 87.0 Å². The smallest absolute Gasteiger partial charge is 0.331 e. The first-order chi connectivity index (χ1) is 13.3. The molecule has 28 heavy (non-hydrogen) atoms. The molecule has 0 spiro atoms. The molecule has 1 aliphatic heterocycles. The van der Waals surface area contributed by atoms with Gasteiger partial charge in [-0.2, -0.15) is 0 Å². The zero-order valence-corrected chi connectivity index (χ0v) is 16.7. The highest BCUT2D eigenvalue weighted by atomic mass is 16.5. The van der Waals surface area contributed by atoms with Crippen LogP contribution in [-0.2, 0) is 9.53 Å². The van der Waals surface area contributed by atoms with E-state index in [0.717, 1.165) is 50.5 Å². The predicted molar refractivity (Wildman–Crippen MR) is 103 cm³/mol. The van der Waals surface area contributed by atoms with Gasteiger partial charge in [-0.15, -0.1) is 0 Å². The lowest BCUT2D eigenvalue weighted by Gasteiger charge is -2.62. The second-order valence-corrected chi connectivity index (χ2v) is 10.2. The number of aliphatic hydroxyl groups is 3. The fourth-order valence-electron chi connectivity index (χ4n) is 7.96. The van der Waals surface area contributed by atoms with Gasteiger partial charge in [-0.3, -0.25) is 0 Å². The lowest BCUT2D eigenvalue weighted by atomic mass is 9.44. The van der Waals surface area contributed by atoms with Crippen molar-refractivity contribution in [1.82, 2.24) is 0 Å². The van der Waals surface area contributed by atoms with Crippen molar-refractivity contribution in [3.8, 4) is 0 Å². The maximum atomic E-state index is 12.1. The van der Waals surface area contributed by atoms with Gasteiger partial charge < -0.3 is 20.1 Å². The molecule has 1 heterocycles. The quantitative estimate of drug-likeness (QED) is 0.500. The van der Waals surface area contributed by atoms with Crippen LogP contribution in [0.25, 0.3) is 0 Å². The van der Waals surface area contributed by atoms with Crippen molar-refractivity contribution in [1.29, 1.82) is 0 Å². The third kappa shape index (κ3) is 2.27. The van der Waals surface area contributed by atoms with E-state index >= 15 is 0 Å². The lowest BCUT2D eigenvalue weighted by Crippen LogP contribution is -2.62. The zero-order valence-electron chi connectivity index (χ0n) is 16.7. The van der Waals surface area contributed by atoms with Crippen molar-refractivity contribution in [2.24, 2.45) is 28.6 Å². The largest absolute Gasteiger partial charge is 0.458 e. The number of aliphatic hydroxyl groups excluding tert-OH is 2. The molecule has 154 valence electrons. The molecule has 0 bridgehead atoms. The van der Waals surface area contributed by atoms with Gasteiger partial charge in [0.2, 0.25) is 0 Å². The number of fused-ring (bicyclic) bond motifs is 5. The Bertz CT molecular complexity index is 756. The SMILES string of the molecule is C[C@]12CC[C@H]3[C@@H](CCC4=C[C@@H](O)CC[C@@]43CO)[C@@]1(O)CC[C@@H]2C1=CC(=O)OC1. The van der Waals surface area contributed by atoms with E-state index in [1.165, 1.54) is 5.57 Å². The number of rotatable bonds is 2. The van der Waals surface area contributed by atoms with Crippen molar-refractivity contribution >= 4 is 5.97 Å². The minimum atomic E-state index is -0.767. The first kappa shape index (κ1) is 18.8. The van der Waals surface area contributed by atoms with Gasteiger partial charge in [0.15, 0.2) is 0 Å². The van der Waals surface area contributed by atoms with Crippen LogP contribution < -0.4 is 0 Å². The van der Waals surface area contributed by atoms with Gasteiger partial charge >= 0.3 is 5.97 Å². The normalized spacial score (nSPS) is 50.2. The standard InChI is InChI=1S/C23H32O5/c1-21-7-5-18-19(3-2-15-11-16(25)4-8-22(15,18)13-24)23(21,27)9-6-17(21)14-10-20(26)28-12-14/h10-11,16-19,24-25,27H,2-9,12-13H2,1H3/t16-,17+,18-,19+,21+,22+,23-/m0/s1. The third-order valence-corrected chi connectivity index (χ3v) is 9.41. The number of hydrogen-bond acceptors (Lipinski definition) is 5. The van der Waals surface area contributed by atoms with E-state index in [1.807, 2.05) is 6.08 Å². The summed E-state index contributed by atoms with van der Waals surface area (Å²) >= 11 is 0. The first-order valence-corrected chi connectivity index (χ1v) is 10.9. The maximum absolute atomic E-state index is 12.1. The Morgan fingerprint density at radius 3 is 2.68 bits per heavy atom. The summed E-state index contributed by atoms with van der Waals surface area (Å²) in [7, 11) is 0. The highest BCUT2D eigenvalue weighted by Gasteiger charge is 2.67. The van der Waals surface area contributed by atoms with Crippen LogP contribution in [0.1, 0.15) is 58.3 Å². The van der Waals surface area contributed by atoms with Crippen LogP contribution in [0.3, 0.4) is 0 Å². The molecule has 0 aromatic heterocycles. The molecule has 7 atom stereocenters. The minimum Gasteiger partial charge on any atom is -0.458 e. The maximum Gasteiger partial charge on any atom is 0.331 e. The van der Waals surface area contributed by atoms with Crippen molar-refractivity contribution < 1.29 is 24.9 Å². The van der Waals surface area contributed by atoms with E-state index in [-0.39, 0.29) is 41.2 Å². The molecule has 5 nitrogen and oxygen atoms in total. The second kappa shape index (κ2) is 6.16. The summed E-state index contributed by atoms with van der Waals surface area (Å²) in [5.74, 6) is 0.363. The summed E-state index contributed by atoms with van der Waals surface area (Å²) in [6.07, 6.45) is 10.0. The van der Waals surface area contributed by atoms with Gasteiger partial charge in [0.25, 0.3) is 0 Å². The van der Waals surface area contributed by atoms with Gasteiger partial charge in [0.05, 0.1) is 18.3 Å². The van der Waals surface area contributed by atoms with Crippen LogP contribution >= 0.6 is 0 Å². The second-order valence-electron chi connectivity index (χ2n) is 10.2. The Labute approximate surface area is 166 Å². The molecular formula is C23H32O5. The number of ether oxygens (including phenoxy) is 1. The number of carbonyl (C=O) groups excluding carboxylic acids is 1. The van der Waals surface area contributed by atoms with Crippen molar-refractivity contribution in [2.45, 2.75) is 70.0 Å². The average molecular weight is 389 g/mol. The molecular weight excluding hydrogens is 356 g/mol. The van der Waals surface area contributed by atoms with Crippen LogP contribution in [0.5, 0.6) is 0 Å². The highest BCUT2D eigenvalue weighted by Crippen LogP contribution is 2.69. The van der Waals surface area contributed by atoms with Crippen molar-refractivity contribution in [2.75, 3.05) is 13.2 Å². The number of cyclic esters (lactones) is 1. The van der Waals surface area contributed by atoms with E-state index in [1.54, 1.807) is 6.08 Å². The monoisotopic (exact) mass is 388 g/mol. The highest BCUT2D eigenvalue weighted by molar-refractivity contribution is 5.85. The zero-order chi connectivity index (χ0) is 19.7. The van der Waals surface area contributed by atoms with Crippen LogP contribution in [-0.4, -0.2) is 46.2 Å². The third-order valence-electron chi connectivity index (χ3n) is 9.41. The molecule has 0 aromatic rings. The Hall–Kier alpha value is -1.17. The van der Waals surface area contributed by atoms with Gasteiger partial charge in [0, 0.05) is 16.9 Å². The van der Waals surface area contributed by atoms with E-state index in [2.05, 4.69) is 6.92 Å². The molecule has 5 heteroatoms. The Morgan fingerprint density at radius 1 is 1.14 bits per heavy atom. The minimum absolute atomic E-state index is 0.108. The van der Waals surface area contributed by atoms with Gasteiger partial charge in [-0.1, -0.05) is 18.6 Å². The summed E-state index contributed by atoms with van der Waals surface area (Å²) in [5, 5.41) is 32.7. The number of carbonyl (C=O) groups is 1. The molecule has 3 saturated carbocycles. The van der Waals surface area contributed by atoms with E-state index < -0.39 is 11.7 Å². The predicted octanol–water partition coefficient (Wildman–Crippen LogP) is 2.50. The lowest BCUT2D eigenvalue weighted by molar-refractivity contribution is -0.188. The number of hydrogen-bond donors (Lipinski definition) is 3. The van der Waals surface area contributed by atoms with Crippen LogP contribution in [0.15, 0.2) is 23.3 Å². The first-order valence-electron chi connectivity index (χ1n) is 10.9. The van der Waals surface area contributed by atoms with Gasteiger partial charge in [0.1, 0.15) is 6.61 Å². The molecule has 0 aromatic carbocycles. The molecule has 0 amide bonds. The summed E-state index contributed by atoms with van der Waals surface area (Å²) in [4.78, 5) is 11.6. The van der Waals surface area contributed by atoms with E-state index in [0.29, 0.717) is 13.0 Å². The molecule has 0 radical (unpaired) electrons. The summed E-state index contributed by atoms with van der Waals surface area (Å²) in [5.41, 5.74) is 0.977. The van der Waals surface area contributed by atoms with Crippen LogP contribution in [0.4, 0.5) is 0 Å². The molecule has 5 aliphatic rings. The fraction of sp³-hybridized carbons (Fsp3) is 0.783. The Balaban J connectivity index is 1.51. The molecule has 0 saturated heterocycles. The average Bonchev–Trinajstić information content (AvgIpc) is 3.22. The van der Waals surface area contributed by atoms with Gasteiger partial charge in [-0.25, -0.2) is 4.79 Å². The fourth-order valence-corrected chi connectivity index (χ4v) is 7.96. The summed E-state index contributed by atoms with van der Waals surface area (Å²) in [6.45, 7) is 2.69. The van der Waals surface area contributed by atoms with E-state index in [4.69, 9.17) is 4.74 Å². The number of esters is 1. The van der Waals surface area contributed by atoms with Crippen LogP contribution in [0, 0.1) is 28.6 Å². The molecule has 0 unspecified atom stereocenters. The molecule has 5 rings (SSSR count). The van der Waals surface area contributed by atoms with Crippen molar-refractivity contribution in [3.05, 3.63) is 23.3 Å². The van der Waals surface area contributed by atoms with Crippen molar-refractivity contribution in [3.63, 3.8) is 0 Å². The molecule has 3 fully saturated rings. The van der Waals surface area contributed by atoms with E-state index in [9.17, 15) is 20.1 Å². The summed E-state index contributed by atoms with van der Waals surface area (Å²) in [6, 6.07) is 0. The molecule has 4 aliphatic carbocycles. The summed E-state index contributed by atoms with van der Waals surface area (Å²) < 4.78 is 5.18.